The summed E-state index contributed by atoms with van der Waals surface area (Å²) in [6.07, 6.45) is 8.45. The molecule has 0 spiro atoms. The van der Waals surface area contributed by atoms with Crippen LogP contribution in [-0.4, -0.2) is 11.7 Å². The van der Waals surface area contributed by atoms with Crippen molar-refractivity contribution in [1.29, 1.82) is 0 Å². The van der Waals surface area contributed by atoms with Gasteiger partial charge in [-0.25, -0.2) is 4.79 Å². The Bertz CT molecular complexity index is 742. The van der Waals surface area contributed by atoms with E-state index in [-0.39, 0.29) is 5.52 Å². The lowest BCUT2D eigenvalue weighted by molar-refractivity contribution is 0.107. The van der Waals surface area contributed by atoms with E-state index in [1.807, 2.05) is 32.9 Å². The van der Waals surface area contributed by atoms with E-state index in [4.69, 9.17) is 0 Å². The normalized spacial score (nSPS) is 11.4. The van der Waals surface area contributed by atoms with E-state index < -0.39 is 7.80 Å². The molecular weight excluding hydrogens is 351 g/mol. The predicted octanol–water partition coefficient (Wildman–Crippen LogP) is 7.16. The number of rotatable bonds is 11. The summed E-state index contributed by atoms with van der Waals surface area (Å²) in [4.78, 5) is 12.6. The minimum atomic E-state index is -1.81. The molecule has 2 aromatic rings. The quantitative estimate of drug-likeness (QED) is 0.305. The molecule has 1 atom stereocenters. The topological polar surface area (TPSA) is 34.1 Å². The van der Waals surface area contributed by atoms with Crippen LogP contribution in [0.1, 0.15) is 71.1 Å². The molecule has 2 nitrogen and oxygen atoms in total. The van der Waals surface area contributed by atoms with Crippen molar-refractivity contribution >= 4 is 13.3 Å². The van der Waals surface area contributed by atoms with E-state index in [0.29, 0.717) is 11.7 Å². The maximum absolute atomic E-state index is 12.6. The van der Waals surface area contributed by atoms with Gasteiger partial charge in [0.25, 0.3) is 0 Å². The maximum Gasteiger partial charge on any atom is 0.420 e. The number of unbranched alkanes of at least 4 members (excludes halogenated alkanes) is 5. The van der Waals surface area contributed by atoms with Gasteiger partial charge in [0.1, 0.15) is 0 Å². The fraction of sp³-hybridized carbons (Fsp3) is 0.458. The van der Waals surface area contributed by atoms with Crippen LogP contribution in [0.15, 0.2) is 42.5 Å². The molecule has 3 heteroatoms. The molecule has 2 aromatic carbocycles. The maximum atomic E-state index is 12.6. The summed E-state index contributed by atoms with van der Waals surface area (Å²) in [6.45, 7) is 5.89. The van der Waals surface area contributed by atoms with Crippen LogP contribution in [0.4, 0.5) is 0 Å². The van der Waals surface area contributed by atoms with Crippen LogP contribution in [0.3, 0.4) is 0 Å². The van der Waals surface area contributed by atoms with E-state index in [1.54, 1.807) is 0 Å². The molecule has 0 radical (unpaired) electrons. The van der Waals surface area contributed by atoms with Crippen molar-refractivity contribution in [2.45, 2.75) is 65.7 Å². The van der Waals surface area contributed by atoms with Gasteiger partial charge in [-0.2, -0.15) is 0 Å². The molecular formula is C24H32O2P+. The molecule has 1 unspecified atom stereocenters. The van der Waals surface area contributed by atoms with Crippen LogP contribution >= 0.6 is 7.80 Å². The smallest absolute Gasteiger partial charge is 0.234 e. The van der Waals surface area contributed by atoms with Crippen molar-refractivity contribution in [3.63, 3.8) is 0 Å². The molecule has 2 rings (SSSR count). The Hall–Kier alpha value is -1.79. The van der Waals surface area contributed by atoms with E-state index >= 15 is 0 Å². The SMILES string of the molecule is Cc1cc(C)c(C(=O)[P+](=O)CCCCCCCCc2ccccc2)c(C)c1. The molecule has 0 aliphatic carbocycles. The summed E-state index contributed by atoms with van der Waals surface area (Å²) in [5, 5.41) is 0. The van der Waals surface area contributed by atoms with Crippen molar-refractivity contribution in [3.8, 4) is 0 Å². The lowest BCUT2D eigenvalue weighted by Gasteiger charge is -2.05. The molecule has 0 saturated heterocycles. The number of hydrogen-bond donors (Lipinski definition) is 0. The molecule has 0 bridgehead atoms. The molecule has 0 aliphatic heterocycles. The van der Waals surface area contributed by atoms with Crippen LogP contribution < -0.4 is 0 Å². The lowest BCUT2D eigenvalue weighted by Crippen LogP contribution is -2.02. The summed E-state index contributed by atoms with van der Waals surface area (Å²) >= 11 is 0. The molecule has 0 saturated carbocycles. The third-order valence-corrected chi connectivity index (χ3v) is 6.44. The zero-order chi connectivity index (χ0) is 19.6. The van der Waals surface area contributed by atoms with Crippen LogP contribution in [0.25, 0.3) is 0 Å². The van der Waals surface area contributed by atoms with Crippen molar-refractivity contribution in [2.75, 3.05) is 6.16 Å². The second-order valence-corrected chi connectivity index (χ2v) is 9.15. The Morgan fingerprint density at radius 1 is 0.815 bits per heavy atom. The first kappa shape index (κ1) is 21.5. The second-order valence-electron chi connectivity index (χ2n) is 7.54. The van der Waals surface area contributed by atoms with Gasteiger partial charge in [0, 0.05) is 0 Å². The highest BCUT2D eigenvalue weighted by molar-refractivity contribution is 7.64. The fourth-order valence-electron chi connectivity index (χ4n) is 3.68. The number of benzene rings is 2. The number of aryl methyl sites for hydroxylation is 4. The Balaban J connectivity index is 1.63. The van der Waals surface area contributed by atoms with Gasteiger partial charge in [-0.1, -0.05) is 71.9 Å². The average molecular weight is 383 g/mol. The Morgan fingerprint density at radius 2 is 1.37 bits per heavy atom. The first-order chi connectivity index (χ1) is 13.0. The first-order valence-corrected chi connectivity index (χ1v) is 11.5. The van der Waals surface area contributed by atoms with Crippen molar-refractivity contribution in [1.82, 2.24) is 0 Å². The highest BCUT2D eigenvalue weighted by atomic mass is 31.1. The van der Waals surface area contributed by atoms with Crippen molar-refractivity contribution in [2.24, 2.45) is 0 Å². The minimum absolute atomic E-state index is 0.164. The van der Waals surface area contributed by atoms with Crippen LogP contribution in [-0.2, 0) is 11.0 Å². The Labute approximate surface area is 165 Å². The van der Waals surface area contributed by atoms with Gasteiger partial charge in [0.05, 0.1) is 5.56 Å². The third kappa shape index (κ3) is 7.03. The number of carbonyl (C=O) groups excluding carboxylic acids is 1. The zero-order valence-electron chi connectivity index (χ0n) is 17.0. The lowest BCUT2D eigenvalue weighted by atomic mass is 10.0. The first-order valence-electron chi connectivity index (χ1n) is 10.1. The summed E-state index contributed by atoms with van der Waals surface area (Å²) in [5.41, 5.74) is 4.95. The highest BCUT2D eigenvalue weighted by Crippen LogP contribution is 2.32. The largest absolute Gasteiger partial charge is 0.420 e. The van der Waals surface area contributed by atoms with Gasteiger partial charge in [-0.3, -0.25) is 0 Å². The van der Waals surface area contributed by atoms with E-state index in [1.165, 1.54) is 24.8 Å². The van der Waals surface area contributed by atoms with E-state index in [2.05, 4.69) is 30.3 Å². The standard InChI is InChI=1S/C24H32O2P/c1-19-17-20(2)23(21(3)18-19)24(25)27(26)16-12-7-5-4-6-9-13-22-14-10-8-11-15-22/h8,10-11,14-15,17-18H,4-7,9,12-13,16H2,1-3H3/q+1. The van der Waals surface area contributed by atoms with Gasteiger partial charge in [-0.05, 0) is 63.1 Å². The molecule has 0 amide bonds. The average Bonchev–Trinajstić information content (AvgIpc) is 2.63. The molecule has 0 N–H and O–H groups in total. The van der Waals surface area contributed by atoms with E-state index in [9.17, 15) is 9.36 Å². The highest BCUT2D eigenvalue weighted by Gasteiger charge is 2.31. The summed E-state index contributed by atoms with van der Waals surface area (Å²) in [6, 6.07) is 14.6. The number of carbonyl (C=O) groups is 1. The zero-order valence-corrected chi connectivity index (χ0v) is 17.9. The van der Waals surface area contributed by atoms with Gasteiger partial charge in [0.15, 0.2) is 6.16 Å². The van der Waals surface area contributed by atoms with Gasteiger partial charge in [0.2, 0.25) is 0 Å². The fourth-order valence-corrected chi connectivity index (χ4v) is 5.00. The monoisotopic (exact) mass is 383 g/mol. The van der Waals surface area contributed by atoms with Gasteiger partial charge < -0.3 is 0 Å². The van der Waals surface area contributed by atoms with Crippen molar-refractivity contribution in [3.05, 3.63) is 70.3 Å². The number of hydrogen-bond acceptors (Lipinski definition) is 2. The van der Waals surface area contributed by atoms with Crippen LogP contribution in [0.5, 0.6) is 0 Å². The molecule has 0 fully saturated rings. The molecule has 144 valence electrons. The van der Waals surface area contributed by atoms with Crippen LogP contribution in [0.2, 0.25) is 0 Å². The van der Waals surface area contributed by atoms with E-state index in [0.717, 1.165) is 42.4 Å². The second kappa shape index (κ2) is 11.1. The molecule has 27 heavy (non-hydrogen) atoms. The summed E-state index contributed by atoms with van der Waals surface area (Å²) in [7, 11) is -1.81. The van der Waals surface area contributed by atoms with Crippen LogP contribution in [0, 0.1) is 20.8 Å². The summed E-state index contributed by atoms with van der Waals surface area (Å²) < 4.78 is 12.4. The third-order valence-electron chi connectivity index (χ3n) is 5.04. The Morgan fingerprint density at radius 3 is 2.00 bits per heavy atom. The predicted molar refractivity (Wildman–Crippen MR) is 115 cm³/mol. The summed E-state index contributed by atoms with van der Waals surface area (Å²) in [5.74, 6) is 0. The minimum Gasteiger partial charge on any atom is -0.234 e. The van der Waals surface area contributed by atoms with Crippen molar-refractivity contribution < 1.29 is 9.36 Å². The molecule has 0 aromatic heterocycles. The molecule has 0 aliphatic rings. The van der Waals surface area contributed by atoms with Gasteiger partial charge in [-0.15, -0.1) is 0 Å². The van der Waals surface area contributed by atoms with Gasteiger partial charge >= 0.3 is 13.3 Å². The molecule has 0 heterocycles. The Kier molecular flexibility index (Phi) is 8.88.